The maximum atomic E-state index is 9.35. The number of thioether (sulfide) groups is 2. The summed E-state index contributed by atoms with van der Waals surface area (Å²) in [7, 11) is 0. The largest absolute Gasteiger partial charge is 0.386 e. The molecule has 0 unspecified atom stereocenters. The summed E-state index contributed by atoms with van der Waals surface area (Å²) in [5.74, 6) is 0. The first kappa shape index (κ1) is 10.4. The summed E-state index contributed by atoms with van der Waals surface area (Å²) >= 11 is 3.32. The second kappa shape index (κ2) is 4.31. The van der Waals surface area contributed by atoms with Crippen molar-refractivity contribution >= 4 is 23.5 Å². The molecule has 0 radical (unpaired) electrons. The van der Waals surface area contributed by atoms with Crippen LogP contribution in [0.2, 0.25) is 0 Å². The van der Waals surface area contributed by atoms with Crippen molar-refractivity contribution in [1.82, 2.24) is 0 Å². The molecular formula is C7H14OS2. The molecule has 0 rings (SSSR count). The summed E-state index contributed by atoms with van der Waals surface area (Å²) < 4.78 is 1.16. The van der Waals surface area contributed by atoms with Crippen molar-refractivity contribution in [2.75, 3.05) is 12.5 Å². The average molecular weight is 178 g/mol. The Kier molecular flexibility index (Phi) is 4.49. The molecule has 0 aliphatic carbocycles. The van der Waals surface area contributed by atoms with Crippen LogP contribution in [-0.2, 0) is 0 Å². The Morgan fingerprint density at radius 3 is 1.80 bits per heavy atom. The molecule has 0 saturated carbocycles. The van der Waals surface area contributed by atoms with Gasteiger partial charge in [0.2, 0.25) is 0 Å². The molecule has 0 fully saturated rings. The Balaban J connectivity index is 4.11. The van der Waals surface area contributed by atoms with Gasteiger partial charge in [0.15, 0.2) is 0 Å². The Morgan fingerprint density at radius 2 is 1.70 bits per heavy atom. The van der Waals surface area contributed by atoms with Crippen LogP contribution in [0.4, 0.5) is 0 Å². The molecule has 0 heterocycles. The summed E-state index contributed by atoms with van der Waals surface area (Å²) in [6, 6.07) is 0. The summed E-state index contributed by atoms with van der Waals surface area (Å²) in [6.07, 6.45) is 5.88. The Morgan fingerprint density at radius 1 is 1.30 bits per heavy atom. The van der Waals surface area contributed by atoms with Gasteiger partial charge in [-0.3, -0.25) is 0 Å². The molecule has 0 aromatic rings. The SMILES string of the molecule is CSC(=CC(C)(C)O)SC. The molecule has 0 aliphatic rings. The predicted octanol–water partition coefficient (Wildman–Crippen LogP) is 2.32. The van der Waals surface area contributed by atoms with E-state index < -0.39 is 5.60 Å². The van der Waals surface area contributed by atoms with E-state index in [0.29, 0.717) is 0 Å². The van der Waals surface area contributed by atoms with Crippen LogP contribution in [0.1, 0.15) is 13.8 Å². The van der Waals surface area contributed by atoms with Crippen molar-refractivity contribution in [2.45, 2.75) is 19.4 Å². The zero-order valence-electron chi connectivity index (χ0n) is 6.84. The van der Waals surface area contributed by atoms with E-state index in [2.05, 4.69) is 0 Å². The lowest BCUT2D eigenvalue weighted by Crippen LogP contribution is -2.14. The van der Waals surface area contributed by atoms with E-state index in [-0.39, 0.29) is 0 Å². The lowest BCUT2D eigenvalue weighted by Gasteiger charge is -2.12. The van der Waals surface area contributed by atoms with Crippen LogP contribution < -0.4 is 0 Å². The molecule has 1 N–H and O–H groups in total. The van der Waals surface area contributed by atoms with Crippen molar-refractivity contribution in [3.8, 4) is 0 Å². The van der Waals surface area contributed by atoms with Gasteiger partial charge in [-0.15, -0.1) is 23.5 Å². The van der Waals surface area contributed by atoms with Gasteiger partial charge in [0.1, 0.15) is 0 Å². The van der Waals surface area contributed by atoms with Crippen LogP contribution in [0.3, 0.4) is 0 Å². The highest BCUT2D eigenvalue weighted by molar-refractivity contribution is 8.21. The first-order valence-corrected chi connectivity index (χ1v) is 5.48. The Hall–Kier alpha value is 0.400. The van der Waals surface area contributed by atoms with Crippen LogP contribution in [0, 0.1) is 0 Å². The third-order valence-corrected chi connectivity index (χ3v) is 2.91. The highest BCUT2D eigenvalue weighted by Crippen LogP contribution is 2.25. The molecule has 0 aliphatic heterocycles. The maximum Gasteiger partial charge on any atom is 0.0790 e. The van der Waals surface area contributed by atoms with Crippen LogP contribution in [0.15, 0.2) is 10.3 Å². The summed E-state index contributed by atoms with van der Waals surface area (Å²) in [5.41, 5.74) is -0.679. The molecule has 0 saturated heterocycles. The fraction of sp³-hybridized carbons (Fsp3) is 0.714. The van der Waals surface area contributed by atoms with Gasteiger partial charge in [-0.25, -0.2) is 0 Å². The van der Waals surface area contributed by atoms with E-state index in [1.165, 1.54) is 0 Å². The van der Waals surface area contributed by atoms with Crippen LogP contribution in [-0.4, -0.2) is 23.2 Å². The third kappa shape index (κ3) is 5.21. The fourth-order valence-electron chi connectivity index (χ4n) is 0.490. The van der Waals surface area contributed by atoms with E-state index in [1.54, 1.807) is 37.4 Å². The van der Waals surface area contributed by atoms with Crippen molar-refractivity contribution in [3.05, 3.63) is 10.3 Å². The van der Waals surface area contributed by atoms with Gasteiger partial charge in [0.25, 0.3) is 0 Å². The standard InChI is InChI=1S/C7H14OS2/c1-7(2,8)5-6(9-3)10-4/h5,8H,1-4H3. The van der Waals surface area contributed by atoms with Gasteiger partial charge in [0.05, 0.1) is 5.60 Å². The van der Waals surface area contributed by atoms with Gasteiger partial charge in [-0.2, -0.15) is 0 Å². The monoisotopic (exact) mass is 178 g/mol. The molecule has 1 nitrogen and oxygen atoms in total. The van der Waals surface area contributed by atoms with E-state index in [0.717, 1.165) is 4.24 Å². The van der Waals surface area contributed by atoms with Crippen molar-refractivity contribution < 1.29 is 5.11 Å². The van der Waals surface area contributed by atoms with Crippen LogP contribution >= 0.6 is 23.5 Å². The smallest absolute Gasteiger partial charge is 0.0790 e. The minimum atomic E-state index is -0.679. The van der Waals surface area contributed by atoms with Gasteiger partial charge >= 0.3 is 0 Å². The predicted molar refractivity (Wildman–Crippen MR) is 51.4 cm³/mol. The summed E-state index contributed by atoms with van der Waals surface area (Å²) in [6.45, 7) is 3.55. The molecule has 3 heteroatoms. The summed E-state index contributed by atoms with van der Waals surface area (Å²) in [5, 5.41) is 9.35. The van der Waals surface area contributed by atoms with Crippen molar-refractivity contribution in [2.24, 2.45) is 0 Å². The lowest BCUT2D eigenvalue weighted by molar-refractivity contribution is 0.133. The van der Waals surface area contributed by atoms with E-state index >= 15 is 0 Å². The first-order chi connectivity index (χ1) is 4.49. The lowest BCUT2D eigenvalue weighted by atomic mass is 10.1. The zero-order valence-corrected chi connectivity index (χ0v) is 8.47. The highest BCUT2D eigenvalue weighted by atomic mass is 32.2. The quantitative estimate of drug-likeness (QED) is 0.716. The van der Waals surface area contributed by atoms with Crippen molar-refractivity contribution in [1.29, 1.82) is 0 Å². The molecule has 0 aromatic heterocycles. The van der Waals surface area contributed by atoms with E-state index in [9.17, 15) is 5.11 Å². The van der Waals surface area contributed by atoms with Crippen LogP contribution in [0.25, 0.3) is 0 Å². The second-order valence-electron chi connectivity index (χ2n) is 2.53. The normalized spacial score (nSPS) is 11.3. The molecule has 0 bridgehead atoms. The topological polar surface area (TPSA) is 20.2 Å². The molecule has 0 aromatic carbocycles. The zero-order chi connectivity index (χ0) is 8.20. The molecule has 60 valence electrons. The van der Waals surface area contributed by atoms with E-state index in [4.69, 9.17) is 0 Å². The first-order valence-electron chi connectivity index (χ1n) is 3.03. The molecule has 0 atom stereocenters. The van der Waals surface area contributed by atoms with Gasteiger partial charge < -0.3 is 5.11 Å². The Labute approximate surface area is 71.3 Å². The minimum Gasteiger partial charge on any atom is -0.386 e. The number of rotatable bonds is 3. The Bertz CT molecular complexity index is 118. The molecule has 0 amide bonds. The molecule has 10 heavy (non-hydrogen) atoms. The second-order valence-corrected chi connectivity index (χ2v) is 4.48. The number of hydrogen-bond donors (Lipinski definition) is 1. The van der Waals surface area contributed by atoms with E-state index in [1.807, 2.05) is 18.6 Å². The maximum absolute atomic E-state index is 9.35. The third-order valence-electron chi connectivity index (χ3n) is 0.873. The van der Waals surface area contributed by atoms with Crippen LogP contribution in [0.5, 0.6) is 0 Å². The minimum absolute atomic E-state index is 0.679. The van der Waals surface area contributed by atoms with Crippen molar-refractivity contribution in [3.63, 3.8) is 0 Å². The summed E-state index contributed by atoms with van der Waals surface area (Å²) in [4.78, 5) is 0. The number of aliphatic hydroxyl groups is 1. The molecular weight excluding hydrogens is 164 g/mol. The van der Waals surface area contributed by atoms with Gasteiger partial charge in [-0.05, 0) is 32.4 Å². The average Bonchev–Trinajstić information content (AvgIpc) is 1.81. The highest BCUT2D eigenvalue weighted by Gasteiger charge is 2.08. The molecule has 0 spiro atoms. The number of hydrogen-bond acceptors (Lipinski definition) is 3. The van der Waals surface area contributed by atoms with Gasteiger partial charge in [0, 0.05) is 4.24 Å². The fourth-order valence-corrected chi connectivity index (χ4v) is 1.97. The van der Waals surface area contributed by atoms with Gasteiger partial charge in [-0.1, -0.05) is 0 Å².